The number of hydrogen-bond donors (Lipinski definition) is 1. The monoisotopic (exact) mass is 542 g/mol. The van der Waals surface area contributed by atoms with Gasteiger partial charge in [-0.3, -0.25) is 4.79 Å². The Balaban J connectivity index is 1.48. The molecular formula is C37H38N2O2. The molecule has 4 aromatic carbocycles. The Morgan fingerprint density at radius 3 is 1.80 bits per heavy atom. The minimum absolute atomic E-state index is 0.0368. The summed E-state index contributed by atoms with van der Waals surface area (Å²) in [4.78, 5) is 15.3. The number of ketones is 1. The normalized spacial score (nSPS) is 15.5. The molecule has 0 spiro atoms. The third kappa shape index (κ3) is 4.52. The molecule has 1 N–H and O–H groups in total. The zero-order valence-electron chi connectivity index (χ0n) is 25.0. The molecule has 0 saturated carbocycles. The number of carbonyl (C=O) groups is 1. The van der Waals surface area contributed by atoms with Gasteiger partial charge in [0.05, 0.1) is 23.2 Å². The second kappa shape index (κ2) is 9.37. The number of para-hydroxylation sites is 1. The van der Waals surface area contributed by atoms with E-state index in [0.717, 1.165) is 22.4 Å². The lowest BCUT2D eigenvalue weighted by Crippen LogP contribution is -2.31. The molecule has 0 amide bonds. The van der Waals surface area contributed by atoms with Crippen molar-refractivity contribution in [2.75, 3.05) is 18.5 Å². The topological polar surface area (TPSA) is 45.5 Å². The highest BCUT2D eigenvalue weighted by molar-refractivity contribution is 6.17. The van der Waals surface area contributed by atoms with E-state index in [1.807, 2.05) is 60.5 Å². The zero-order chi connectivity index (χ0) is 29.3. The molecule has 0 radical (unpaired) electrons. The summed E-state index contributed by atoms with van der Waals surface area (Å²) in [5.74, 6) is -0.0817. The van der Waals surface area contributed by atoms with Gasteiger partial charge in [0.15, 0.2) is 5.78 Å². The van der Waals surface area contributed by atoms with Gasteiger partial charge in [-0.15, -0.1) is 0 Å². The third-order valence-corrected chi connectivity index (χ3v) is 8.41. The number of carbonyl (C=O) groups excluding carboxylic acids is 1. The first-order valence-corrected chi connectivity index (χ1v) is 14.3. The summed E-state index contributed by atoms with van der Waals surface area (Å²) in [5.41, 5.74) is 8.57. The number of fused-ring (bicyclic) bond motifs is 4. The number of aliphatic hydroxyl groups excluding tert-OH is 1. The van der Waals surface area contributed by atoms with Gasteiger partial charge in [-0.25, -0.2) is 0 Å². The number of benzene rings is 4. The van der Waals surface area contributed by atoms with Gasteiger partial charge in [0, 0.05) is 40.3 Å². The Morgan fingerprint density at radius 1 is 0.732 bits per heavy atom. The van der Waals surface area contributed by atoms with Crippen LogP contribution in [0, 0.1) is 0 Å². The molecule has 41 heavy (non-hydrogen) atoms. The van der Waals surface area contributed by atoms with Gasteiger partial charge in [-0.2, -0.15) is 0 Å². The van der Waals surface area contributed by atoms with Gasteiger partial charge in [-0.1, -0.05) is 65.8 Å². The number of Topliss-reactive ketones (excluding diaryl/α,β-unsaturated/α-hetero) is 1. The lowest BCUT2D eigenvalue weighted by Gasteiger charge is -2.28. The Kier molecular flexibility index (Phi) is 6.15. The molecule has 2 heterocycles. The number of anilines is 1. The zero-order valence-corrected chi connectivity index (χ0v) is 25.0. The molecule has 208 valence electrons. The Bertz CT molecular complexity index is 1790. The molecule has 0 atom stereocenters. The maximum absolute atomic E-state index is 13.3. The van der Waals surface area contributed by atoms with E-state index in [-0.39, 0.29) is 22.4 Å². The van der Waals surface area contributed by atoms with Crippen molar-refractivity contribution in [2.45, 2.75) is 52.4 Å². The molecule has 0 aliphatic carbocycles. The number of nitrogens with zero attached hydrogens (tertiary/aromatic N) is 2. The lowest BCUT2D eigenvalue weighted by atomic mass is 9.85. The predicted molar refractivity (Wildman–Crippen MR) is 172 cm³/mol. The summed E-state index contributed by atoms with van der Waals surface area (Å²) < 4.78 is 2.30. The third-order valence-electron chi connectivity index (χ3n) is 8.41. The van der Waals surface area contributed by atoms with Crippen LogP contribution in [0.15, 0.2) is 90.5 Å². The molecule has 5 aromatic rings. The van der Waals surface area contributed by atoms with Crippen molar-refractivity contribution >= 4 is 39.0 Å². The highest BCUT2D eigenvalue weighted by Crippen LogP contribution is 2.38. The molecule has 6 rings (SSSR count). The van der Waals surface area contributed by atoms with E-state index in [1.165, 1.54) is 21.9 Å². The van der Waals surface area contributed by atoms with Crippen LogP contribution in [0.5, 0.6) is 0 Å². The van der Waals surface area contributed by atoms with Crippen molar-refractivity contribution < 1.29 is 9.90 Å². The van der Waals surface area contributed by atoms with Gasteiger partial charge in [-0.05, 0) is 82.6 Å². The highest BCUT2D eigenvalue weighted by atomic mass is 16.3. The van der Waals surface area contributed by atoms with Crippen LogP contribution < -0.4 is 4.90 Å². The fourth-order valence-electron chi connectivity index (χ4n) is 5.91. The van der Waals surface area contributed by atoms with Crippen LogP contribution in [0.2, 0.25) is 0 Å². The fourth-order valence-corrected chi connectivity index (χ4v) is 5.91. The molecule has 1 aliphatic heterocycles. The second-order valence-electron chi connectivity index (χ2n) is 13.4. The van der Waals surface area contributed by atoms with Gasteiger partial charge in [0.1, 0.15) is 5.76 Å². The van der Waals surface area contributed by atoms with Crippen LogP contribution in [-0.4, -0.2) is 29.0 Å². The quantitative estimate of drug-likeness (QED) is 0.179. The largest absolute Gasteiger partial charge is 0.507 e. The van der Waals surface area contributed by atoms with E-state index < -0.39 is 0 Å². The van der Waals surface area contributed by atoms with E-state index in [4.69, 9.17) is 0 Å². The van der Waals surface area contributed by atoms with Crippen molar-refractivity contribution in [2.24, 2.45) is 0 Å². The van der Waals surface area contributed by atoms with E-state index in [0.29, 0.717) is 23.2 Å². The minimum Gasteiger partial charge on any atom is -0.507 e. The number of rotatable bonds is 2. The minimum atomic E-state index is -0.119. The second-order valence-corrected chi connectivity index (χ2v) is 13.4. The first-order chi connectivity index (χ1) is 19.3. The molecule has 1 aromatic heterocycles. The summed E-state index contributed by atoms with van der Waals surface area (Å²) in [6.45, 7) is 13.9. The average molecular weight is 543 g/mol. The maximum Gasteiger partial charge on any atom is 0.196 e. The Labute approximate surface area is 242 Å². The van der Waals surface area contributed by atoms with Crippen LogP contribution in [0.3, 0.4) is 0 Å². The summed E-state index contributed by atoms with van der Waals surface area (Å²) in [6, 6.07) is 29.1. The van der Waals surface area contributed by atoms with Crippen LogP contribution in [0.1, 0.15) is 68.6 Å². The van der Waals surface area contributed by atoms with E-state index in [1.54, 1.807) is 0 Å². The van der Waals surface area contributed by atoms with Crippen molar-refractivity contribution in [3.8, 4) is 5.69 Å². The number of aliphatic hydroxyl groups is 1. The van der Waals surface area contributed by atoms with Crippen LogP contribution in [-0.2, 0) is 10.8 Å². The molecule has 0 fully saturated rings. The summed E-state index contributed by atoms with van der Waals surface area (Å²) in [5, 5.41) is 13.7. The molecule has 0 unspecified atom stereocenters. The molecule has 4 heteroatoms. The number of hydrogen-bond acceptors (Lipinski definition) is 3. The van der Waals surface area contributed by atoms with Crippen LogP contribution >= 0.6 is 0 Å². The van der Waals surface area contributed by atoms with Gasteiger partial charge in [0.25, 0.3) is 0 Å². The molecule has 0 bridgehead atoms. The maximum atomic E-state index is 13.3. The first kappa shape index (κ1) is 26.9. The molecule has 0 saturated heterocycles. The SMILES string of the molecule is CN1CC(=C(O)c2ccc(-n3c4ccc(C(C)(C)C)cc4c4cc(C(C)(C)C)ccc43)cc2)C(=O)c2ccccc21. The average Bonchev–Trinajstić information content (AvgIpc) is 3.27. The van der Waals surface area contributed by atoms with Crippen molar-refractivity contribution in [1.29, 1.82) is 0 Å². The standard InChI is InChI=1S/C37H38N2O2/c1-36(2,3)24-14-18-32-28(20-24)29-21-25(37(4,5)6)15-19-33(29)39(32)26-16-12-23(13-17-26)34(40)30-22-38(7)31-11-9-8-10-27(31)35(30)41/h8-21,40H,22H2,1-7H3. The molecule has 4 nitrogen and oxygen atoms in total. The van der Waals surface area contributed by atoms with Gasteiger partial charge < -0.3 is 14.6 Å². The van der Waals surface area contributed by atoms with E-state index in [9.17, 15) is 9.90 Å². The van der Waals surface area contributed by atoms with Crippen molar-refractivity contribution in [3.05, 3.63) is 113 Å². The molecular weight excluding hydrogens is 504 g/mol. The summed E-state index contributed by atoms with van der Waals surface area (Å²) >= 11 is 0. The van der Waals surface area contributed by atoms with Crippen LogP contribution in [0.4, 0.5) is 5.69 Å². The van der Waals surface area contributed by atoms with Gasteiger partial charge in [0.2, 0.25) is 0 Å². The Hall–Kier alpha value is -4.31. The smallest absolute Gasteiger partial charge is 0.196 e. The van der Waals surface area contributed by atoms with E-state index >= 15 is 0 Å². The first-order valence-electron chi connectivity index (χ1n) is 14.3. The summed E-state index contributed by atoms with van der Waals surface area (Å²) in [6.07, 6.45) is 0. The summed E-state index contributed by atoms with van der Waals surface area (Å²) in [7, 11) is 1.94. The predicted octanol–water partition coefficient (Wildman–Crippen LogP) is 8.98. The molecule has 1 aliphatic rings. The van der Waals surface area contributed by atoms with E-state index in [2.05, 4.69) is 82.5 Å². The van der Waals surface area contributed by atoms with Crippen molar-refractivity contribution in [1.82, 2.24) is 4.57 Å². The lowest BCUT2D eigenvalue weighted by molar-refractivity contribution is 0.102. The Morgan fingerprint density at radius 2 is 1.27 bits per heavy atom. The van der Waals surface area contributed by atoms with Crippen molar-refractivity contribution in [3.63, 3.8) is 0 Å². The highest BCUT2D eigenvalue weighted by Gasteiger charge is 2.28. The van der Waals surface area contributed by atoms with Gasteiger partial charge >= 0.3 is 0 Å². The number of likely N-dealkylation sites (N-methyl/N-ethyl adjacent to an activating group) is 1. The number of aromatic nitrogens is 1. The van der Waals surface area contributed by atoms with Crippen LogP contribution in [0.25, 0.3) is 33.3 Å². The fraction of sp³-hybridized carbons (Fsp3) is 0.270.